The smallest absolute Gasteiger partial charge is 0.215 e. The third kappa shape index (κ3) is 3.62. The van der Waals surface area contributed by atoms with Crippen LogP contribution in [0, 0.1) is 0 Å². The van der Waals surface area contributed by atoms with Crippen LogP contribution in [0.4, 0.5) is 0 Å². The molecular formula is C10H16N2O2S. The second-order valence-electron chi connectivity index (χ2n) is 3.40. The summed E-state index contributed by atoms with van der Waals surface area (Å²) < 4.78 is 25.6. The van der Waals surface area contributed by atoms with E-state index in [1.165, 1.54) is 0 Å². The molecule has 3 N–H and O–H groups in total. The quantitative estimate of drug-likeness (QED) is 0.768. The molecule has 0 saturated heterocycles. The lowest BCUT2D eigenvalue weighted by Gasteiger charge is -2.11. The average Bonchev–Trinajstić information content (AvgIpc) is 2.27. The number of rotatable bonds is 5. The highest BCUT2D eigenvalue weighted by atomic mass is 32.2. The van der Waals surface area contributed by atoms with Crippen molar-refractivity contribution in [2.24, 2.45) is 5.73 Å². The van der Waals surface area contributed by atoms with Crippen molar-refractivity contribution in [2.75, 3.05) is 6.54 Å². The lowest BCUT2D eigenvalue weighted by molar-refractivity contribution is 0.568. The Morgan fingerprint density at radius 3 is 2.47 bits per heavy atom. The molecule has 4 nitrogen and oxygen atoms in total. The van der Waals surface area contributed by atoms with E-state index in [0.717, 1.165) is 5.56 Å². The SMILES string of the molecule is CC(CN)S(=O)(=O)NCc1ccccc1. The van der Waals surface area contributed by atoms with Crippen LogP contribution >= 0.6 is 0 Å². The van der Waals surface area contributed by atoms with E-state index in [-0.39, 0.29) is 6.54 Å². The molecule has 0 bridgehead atoms. The molecule has 15 heavy (non-hydrogen) atoms. The highest BCUT2D eigenvalue weighted by Crippen LogP contribution is 2.01. The number of nitrogens with two attached hydrogens (primary N) is 1. The van der Waals surface area contributed by atoms with Gasteiger partial charge < -0.3 is 5.73 Å². The molecule has 1 unspecified atom stereocenters. The topological polar surface area (TPSA) is 72.2 Å². The number of sulfonamides is 1. The van der Waals surface area contributed by atoms with Crippen molar-refractivity contribution in [2.45, 2.75) is 18.7 Å². The van der Waals surface area contributed by atoms with E-state index in [9.17, 15) is 8.42 Å². The molecule has 0 amide bonds. The summed E-state index contributed by atoms with van der Waals surface area (Å²) in [4.78, 5) is 0. The van der Waals surface area contributed by atoms with Crippen molar-refractivity contribution in [1.82, 2.24) is 4.72 Å². The maximum atomic E-state index is 11.5. The van der Waals surface area contributed by atoms with Gasteiger partial charge in [-0.15, -0.1) is 0 Å². The molecule has 0 spiro atoms. The zero-order chi connectivity index (χ0) is 11.3. The van der Waals surface area contributed by atoms with Crippen molar-refractivity contribution in [3.05, 3.63) is 35.9 Å². The summed E-state index contributed by atoms with van der Waals surface area (Å²) in [5.74, 6) is 0. The van der Waals surface area contributed by atoms with Gasteiger partial charge in [-0.1, -0.05) is 30.3 Å². The Labute approximate surface area is 90.5 Å². The Balaban J connectivity index is 2.58. The van der Waals surface area contributed by atoms with Gasteiger partial charge in [0.2, 0.25) is 10.0 Å². The Hall–Kier alpha value is -0.910. The Kier molecular flexibility index (Phi) is 4.26. The molecule has 5 heteroatoms. The highest BCUT2D eigenvalue weighted by molar-refractivity contribution is 7.90. The lowest BCUT2D eigenvalue weighted by atomic mass is 10.2. The van der Waals surface area contributed by atoms with Gasteiger partial charge in [-0.3, -0.25) is 0 Å². The maximum Gasteiger partial charge on any atom is 0.215 e. The van der Waals surface area contributed by atoms with Gasteiger partial charge in [0.1, 0.15) is 0 Å². The van der Waals surface area contributed by atoms with E-state index < -0.39 is 15.3 Å². The molecular weight excluding hydrogens is 212 g/mol. The summed E-state index contributed by atoms with van der Waals surface area (Å²) in [6.07, 6.45) is 0. The minimum atomic E-state index is -3.28. The van der Waals surface area contributed by atoms with Gasteiger partial charge in [0.25, 0.3) is 0 Å². The Morgan fingerprint density at radius 1 is 1.33 bits per heavy atom. The molecule has 0 aliphatic heterocycles. The molecule has 0 aliphatic carbocycles. The van der Waals surface area contributed by atoms with Gasteiger partial charge >= 0.3 is 0 Å². The van der Waals surface area contributed by atoms with Crippen molar-refractivity contribution in [3.63, 3.8) is 0 Å². The molecule has 0 aromatic heterocycles. The summed E-state index contributed by atoms with van der Waals surface area (Å²) in [6.45, 7) is 2.03. The standard InChI is InChI=1S/C10H16N2O2S/c1-9(7-11)15(13,14)12-8-10-5-3-2-4-6-10/h2-6,9,12H,7-8,11H2,1H3. The minimum Gasteiger partial charge on any atom is -0.329 e. The molecule has 1 aromatic carbocycles. The van der Waals surface area contributed by atoms with Crippen LogP contribution in [-0.2, 0) is 16.6 Å². The molecule has 1 rings (SSSR count). The van der Waals surface area contributed by atoms with E-state index >= 15 is 0 Å². The van der Waals surface area contributed by atoms with E-state index in [1.54, 1.807) is 6.92 Å². The first kappa shape index (κ1) is 12.2. The summed E-state index contributed by atoms with van der Waals surface area (Å²) in [6, 6.07) is 9.37. The van der Waals surface area contributed by atoms with Crippen LogP contribution < -0.4 is 10.5 Å². The first-order valence-corrected chi connectivity index (χ1v) is 6.33. The fourth-order valence-electron chi connectivity index (χ4n) is 1.05. The van der Waals surface area contributed by atoms with Gasteiger partial charge in [-0.05, 0) is 12.5 Å². The van der Waals surface area contributed by atoms with Crippen molar-refractivity contribution >= 4 is 10.0 Å². The largest absolute Gasteiger partial charge is 0.329 e. The highest BCUT2D eigenvalue weighted by Gasteiger charge is 2.17. The lowest BCUT2D eigenvalue weighted by Crippen LogP contribution is -2.36. The second kappa shape index (κ2) is 5.25. The van der Waals surface area contributed by atoms with E-state index in [4.69, 9.17) is 5.73 Å². The third-order valence-electron chi connectivity index (χ3n) is 2.18. The molecule has 0 heterocycles. The Bertz CT molecular complexity index is 389. The average molecular weight is 228 g/mol. The first-order chi connectivity index (χ1) is 7.06. The van der Waals surface area contributed by atoms with Crippen LogP contribution in [-0.4, -0.2) is 20.2 Å². The Morgan fingerprint density at radius 2 is 1.93 bits per heavy atom. The van der Waals surface area contributed by atoms with Crippen LogP contribution in [0.5, 0.6) is 0 Å². The number of hydrogen-bond acceptors (Lipinski definition) is 3. The zero-order valence-corrected chi connectivity index (χ0v) is 9.50. The third-order valence-corrected chi connectivity index (χ3v) is 3.98. The number of nitrogens with one attached hydrogen (secondary N) is 1. The van der Waals surface area contributed by atoms with Crippen LogP contribution in [0.1, 0.15) is 12.5 Å². The fourth-order valence-corrected chi connectivity index (χ4v) is 1.95. The summed E-state index contributed by atoms with van der Waals surface area (Å²) >= 11 is 0. The fraction of sp³-hybridized carbons (Fsp3) is 0.400. The van der Waals surface area contributed by atoms with Crippen molar-refractivity contribution < 1.29 is 8.42 Å². The predicted molar refractivity (Wildman–Crippen MR) is 60.7 cm³/mol. The number of benzene rings is 1. The monoisotopic (exact) mass is 228 g/mol. The van der Waals surface area contributed by atoms with Crippen LogP contribution in [0.2, 0.25) is 0 Å². The van der Waals surface area contributed by atoms with Gasteiger partial charge in [0.05, 0.1) is 5.25 Å². The van der Waals surface area contributed by atoms with Crippen molar-refractivity contribution in [1.29, 1.82) is 0 Å². The first-order valence-electron chi connectivity index (χ1n) is 4.78. The van der Waals surface area contributed by atoms with Crippen molar-refractivity contribution in [3.8, 4) is 0 Å². The summed E-state index contributed by atoms with van der Waals surface area (Å²) in [5, 5.41) is -0.554. The molecule has 1 aromatic rings. The summed E-state index contributed by atoms with van der Waals surface area (Å²) in [7, 11) is -3.28. The van der Waals surface area contributed by atoms with Gasteiger partial charge in [-0.2, -0.15) is 0 Å². The van der Waals surface area contributed by atoms with E-state index in [1.807, 2.05) is 30.3 Å². The molecule has 84 valence electrons. The van der Waals surface area contributed by atoms with Crippen LogP contribution in [0.25, 0.3) is 0 Å². The minimum absolute atomic E-state index is 0.129. The molecule has 0 radical (unpaired) electrons. The molecule has 1 atom stereocenters. The predicted octanol–water partition coefficient (Wildman–Crippen LogP) is 0.453. The molecule has 0 aliphatic rings. The zero-order valence-electron chi connectivity index (χ0n) is 8.68. The van der Waals surface area contributed by atoms with E-state index in [0.29, 0.717) is 6.54 Å². The van der Waals surface area contributed by atoms with Gasteiger partial charge in [0.15, 0.2) is 0 Å². The van der Waals surface area contributed by atoms with Gasteiger partial charge in [-0.25, -0.2) is 13.1 Å². The molecule has 0 saturated carbocycles. The maximum absolute atomic E-state index is 11.5. The van der Waals surface area contributed by atoms with Gasteiger partial charge in [0, 0.05) is 13.1 Å². The van der Waals surface area contributed by atoms with E-state index in [2.05, 4.69) is 4.72 Å². The van der Waals surface area contributed by atoms with Crippen LogP contribution in [0.15, 0.2) is 30.3 Å². The summed E-state index contributed by atoms with van der Waals surface area (Å²) in [5.41, 5.74) is 6.24. The van der Waals surface area contributed by atoms with Crippen LogP contribution in [0.3, 0.4) is 0 Å². The normalized spacial score (nSPS) is 13.7. The number of hydrogen-bond donors (Lipinski definition) is 2. The molecule has 0 fully saturated rings. The second-order valence-corrected chi connectivity index (χ2v) is 5.58.